The van der Waals surface area contributed by atoms with Crippen LogP contribution >= 0.6 is 0 Å². The maximum absolute atomic E-state index is 14.8. The Bertz CT molecular complexity index is 1610. The van der Waals surface area contributed by atoms with Crippen LogP contribution in [0.25, 0.3) is 22.3 Å². The van der Waals surface area contributed by atoms with E-state index < -0.39 is 110 Å². The predicted octanol–water partition coefficient (Wildman–Crippen LogP) is 6.46. The Morgan fingerprint density at radius 2 is 1.00 bits per heavy atom. The van der Waals surface area contributed by atoms with E-state index in [0.29, 0.717) is 6.07 Å². The molecule has 0 heterocycles. The molecular weight excluding hydrogens is 559 g/mol. The van der Waals surface area contributed by atoms with Gasteiger partial charge in [-0.2, -0.15) is 0 Å². The quantitative estimate of drug-likeness (QED) is 0.130. The molecule has 0 saturated heterocycles. The molecule has 0 aromatic heterocycles. The molecule has 0 fully saturated rings. The minimum atomic E-state index is -3.12. The molecule has 0 bridgehead atoms. The zero-order valence-corrected chi connectivity index (χ0v) is 18.4. The molecule has 4 rings (SSSR count). The van der Waals surface area contributed by atoms with Crippen molar-refractivity contribution in [2.75, 3.05) is 0 Å². The topological polar surface area (TPSA) is 29.5 Å². The molecule has 4 aromatic carbocycles. The van der Waals surface area contributed by atoms with Gasteiger partial charge in [-0.3, -0.25) is 0 Å². The maximum atomic E-state index is 14.8. The zero-order valence-electron chi connectivity index (χ0n) is 18.4. The van der Waals surface area contributed by atoms with Gasteiger partial charge in [0.1, 0.15) is 11.6 Å². The van der Waals surface area contributed by atoms with Crippen LogP contribution in [-0.2, 0) is 0 Å². The van der Waals surface area contributed by atoms with Crippen molar-refractivity contribution in [3.05, 3.63) is 106 Å². The highest BCUT2D eigenvalue weighted by molar-refractivity contribution is 6.62. The van der Waals surface area contributed by atoms with Crippen LogP contribution in [-0.4, -0.2) is 12.1 Å². The van der Waals surface area contributed by atoms with Crippen molar-refractivity contribution < 1.29 is 62.4 Å². The lowest BCUT2D eigenvalue weighted by atomic mass is 9.73. The first-order valence-electron chi connectivity index (χ1n) is 10.2. The molecule has 0 aliphatic rings. The molecule has 0 atom stereocenters. The SMILES string of the molecule is OB(Oc1ccccc1-c1cc(F)cc(F)c1F)c1c(F)c(F)c(F)c(F)c1-c1c(F)c(F)c(F)c(F)c1F. The highest BCUT2D eigenvalue weighted by Crippen LogP contribution is 2.36. The molecule has 0 aliphatic heterocycles. The average Bonchev–Trinajstić information content (AvgIpc) is 2.90. The van der Waals surface area contributed by atoms with Crippen molar-refractivity contribution >= 4 is 12.6 Å². The van der Waals surface area contributed by atoms with Crippen molar-refractivity contribution in [3.63, 3.8) is 0 Å². The van der Waals surface area contributed by atoms with E-state index in [0.717, 1.165) is 24.3 Å². The standard InChI is InChI=1S/C24H7BF12O2/c26-7-5-9(15(28)10(27)6-7)8-3-1-2-4-11(8)39-25(38)14-12(16(29)20(33)23(36)19(14)32)13-17(30)21(34)24(37)22(35)18(13)31/h1-6,38H. The molecule has 202 valence electrons. The van der Waals surface area contributed by atoms with Crippen LogP contribution in [0.15, 0.2) is 36.4 Å². The summed E-state index contributed by atoms with van der Waals surface area (Å²) in [5.74, 6) is -29.8. The second-order valence-electron chi connectivity index (χ2n) is 7.71. The van der Waals surface area contributed by atoms with E-state index >= 15 is 0 Å². The average molecular weight is 566 g/mol. The molecular formula is C24H7BF12O2. The lowest BCUT2D eigenvalue weighted by Crippen LogP contribution is -2.42. The Balaban J connectivity index is 1.96. The minimum Gasteiger partial charge on any atom is -0.532 e. The summed E-state index contributed by atoms with van der Waals surface area (Å²) in [4.78, 5) is 0. The van der Waals surface area contributed by atoms with Gasteiger partial charge in [0.2, 0.25) is 5.82 Å². The Labute approximate surface area is 209 Å². The first-order valence-corrected chi connectivity index (χ1v) is 10.2. The monoisotopic (exact) mass is 566 g/mol. The normalized spacial score (nSPS) is 11.2. The van der Waals surface area contributed by atoms with E-state index in [4.69, 9.17) is 4.65 Å². The largest absolute Gasteiger partial charge is 0.563 e. The number of hydrogen-bond donors (Lipinski definition) is 1. The fourth-order valence-corrected chi connectivity index (χ4v) is 3.67. The van der Waals surface area contributed by atoms with E-state index in [1.807, 2.05) is 0 Å². The van der Waals surface area contributed by atoms with E-state index in [1.54, 1.807) is 0 Å². The van der Waals surface area contributed by atoms with Gasteiger partial charge in [-0.05, 0) is 12.1 Å². The van der Waals surface area contributed by atoms with Crippen LogP contribution in [0.2, 0.25) is 0 Å². The Morgan fingerprint density at radius 1 is 0.513 bits per heavy atom. The third-order valence-corrected chi connectivity index (χ3v) is 5.42. The number of rotatable bonds is 5. The molecule has 0 aliphatic carbocycles. The summed E-state index contributed by atoms with van der Waals surface area (Å²) in [5, 5.41) is 10.5. The van der Waals surface area contributed by atoms with Crippen molar-refractivity contribution in [1.82, 2.24) is 0 Å². The molecule has 0 amide bonds. The molecule has 0 radical (unpaired) electrons. The van der Waals surface area contributed by atoms with Crippen molar-refractivity contribution in [3.8, 4) is 28.0 Å². The minimum absolute atomic E-state index is 0.174. The molecule has 0 spiro atoms. The van der Waals surface area contributed by atoms with E-state index in [9.17, 15) is 57.7 Å². The summed E-state index contributed by atoms with van der Waals surface area (Å²) < 4.78 is 174. The van der Waals surface area contributed by atoms with Gasteiger partial charge in [-0.25, -0.2) is 52.7 Å². The van der Waals surface area contributed by atoms with Gasteiger partial charge in [0.15, 0.2) is 58.2 Å². The first-order chi connectivity index (χ1) is 18.3. The summed E-state index contributed by atoms with van der Waals surface area (Å²) in [6.45, 7) is 0. The number of halogens is 12. The van der Waals surface area contributed by atoms with Gasteiger partial charge in [-0.15, -0.1) is 0 Å². The molecule has 2 nitrogen and oxygen atoms in total. The van der Waals surface area contributed by atoms with E-state index in [-0.39, 0.29) is 6.07 Å². The van der Waals surface area contributed by atoms with Crippen LogP contribution in [0.1, 0.15) is 0 Å². The summed E-state index contributed by atoms with van der Waals surface area (Å²) in [7, 11) is -3.12. The number of benzene rings is 4. The van der Waals surface area contributed by atoms with Crippen molar-refractivity contribution in [1.29, 1.82) is 0 Å². The fourth-order valence-electron chi connectivity index (χ4n) is 3.67. The lowest BCUT2D eigenvalue weighted by molar-refractivity contribution is 0.379. The highest BCUT2D eigenvalue weighted by Gasteiger charge is 2.39. The Kier molecular flexibility index (Phi) is 7.30. The third-order valence-electron chi connectivity index (χ3n) is 5.42. The summed E-state index contributed by atoms with van der Waals surface area (Å²) >= 11 is 0. The van der Waals surface area contributed by atoms with Crippen LogP contribution in [0, 0.1) is 69.8 Å². The maximum Gasteiger partial charge on any atom is 0.563 e. The summed E-state index contributed by atoms with van der Waals surface area (Å²) in [5.41, 5.74) is -7.81. The number of hydrogen-bond acceptors (Lipinski definition) is 2. The number of para-hydroxylation sites is 1. The van der Waals surface area contributed by atoms with Gasteiger partial charge >= 0.3 is 7.12 Å². The molecule has 1 N–H and O–H groups in total. The van der Waals surface area contributed by atoms with Gasteiger partial charge in [0, 0.05) is 28.2 Å². The van der Waals surface area contributed by atoms with Crippen LogP contribution < -0.4 is 10.1 Å². The van der Waals surface area contributed by atoms with Crippen LogP contribution in [0.3, 0.4) is 0 Å². The zero-order chi connectivity index (χ0) is 28.9. The van der Waals surface area contributed by atoms with Gasteiger partial charge in [0.25, 0.3) is 0 Å². The third kappa shape index (κ3) is 4.56. The summed E-state index contributed by atoms with van der Waals surface area (Å²) in [6.07, 6.45) is 0. The highest BCUT2D eigenvalue weighted by atomic mass is 19.2. The van der Waals surface area contributed by atoms with E-state index in [1.165, 1.54) is 0 Å². The van der Waals surface area contributed by atoms with Gasteiger partial charge in [-0.1, -0.05) is 18.2 Å². The van der Waals surface area contributed by atoms with Crippen molar-refractivity contribution in [2.24, 2.45) is 0 Å². The molecule has 0 saturated carbocycles. The van der Waals surface area contributed by atoms with Gasteiger partial charge in [0.05, 0.1) is 5.56 Å². The second kappa shape index (κ2) is 10.2. The molecule has 0 unspecified atom stereocenters. The van der Waals surface area contributed by atoms with Crippen LogP contribution in [0.4, 0.5) is 52.7 Å². The molecule has 15 heteroatoms. The van der Waals surface area contributed by atoms with Gasteiger partial charge < -0.3 is 9.68 Å². The first kappa shape index (κ1) is 27.9. The predicted molar refractivity (Wildman–Crippen MR) is 111 cm³/mol. The van der Waals surface area contributed by atoms with Crippen molar-refractivity contribution in [2.45, 2.75) is 0 Å². The lowest BCUT2D eigenvalue weighted by Gasteiger charge is -2.19. The second-order valence-corrected chi connectivity index (χ2v) is 7.71. The van der Waals surface area contributed by atoms with Crippen LogP contribution in [0.5, 0.6) is 5.75 Å². The smallest absolute Gasteiger partial charge is 0.532 e. The summed E-state index contributed by atoms with van der Waals surface area (Å²) in [6, 6.07) is 4.71. The van der Waals surface area contributed by atoms with E-state index in [2.05, 4.69) is 0 Å². The Hall–Kier alpha value is -4.14. The Morgan fingerprint density at radius 3 is 1.59 bits per heavy atom. The molecule has 39 heavy (non-hydrogen) atoms. The molecule has 4 aromatic rings. The fraction of sp³-hybridized carbons (Fsp3) is 0.